The molecule has 21 heavy (non-hydrogen) atoms. The molecule has 0 amide bonds. The topological polar surface area (TPSA) is 39.1 Å². The van der Waals surface area contributed by atoms with Gasteiger partial charge >= 0.3 is 0 Å². The molecule has 1 unspecified atom stereocenters. The summed E-state index contributed by atoms with van der Waals surface area (Å²) < 4.78 is 7.61. The van der Waals surface area contributed by atoms with Crippen molar-refractivity contribution in [1.29, 1.82) is 0 Å². The molecule has 0 saturated carbocycles. The quantitative estimate of drug-likeness (QED) is 0.768. The van der Waals surface area contributed by atoms with Gasteiger partial charge in [-0.25, -0.2) is 0 Å². The Morgan fingerprint density at radius 3 is 2.86 bits per heavy atom. The van der Waals surface area contributed by atoms with E-state index in [1.54, 1.807) is 18.4 Å². The van der Waals surface area contributed by atoms with E-state index in [0.717, 1.165) is 38.1 Å². The maximum atomic E-state index is 5.53. The number of hydrogen-bond acceptors (Lipinski definition) is 4. The summed E-state index contributed by atoms with van der Waals surface area (Å²) in [5, 5.41) is 12.5. The van der Waals surface area contributed by atoms with Gasteiger partial charge in [-0.15, -0.1) is 0 Å². The molecule has 116 valence electrons. The van der Waals surface area contributed by atoms with Gasteiger partial charge in [-0.05, 0) is 48.2 Å². The van der Waals surface area contributed by atoms with Gasteiger partial charge in [0.05, 0.1) is 25.0 Å². The molecule has 2 aromatic heterocycles. The Morgan fingerprint density at radius 2 is 2.24 bits per heavy atom. The third kappa shape index (κ3) is 4.08. The molecule has 5 heteroatoms. The number of aryl methyl sites for hydroxylation is 1. The molecule has 0 aliphatic heterocycles. The maximum absolute atomic E-state index is 5.53. The minimum absolute atomic E-state index is 0.239. The molecule has 0 spiro atoms. The standard InChI is InChI=1S/C16H25N3OS/c1-4-7-17-14(10-13-6-9-21-12-13)16-15(20-3)11-18-19(16)8-5-2/h6,9,11-12,14,17H,4-5,7-8,10H2,1-3H3. The van der Waals surface area contributed by atoms with Crippen molar-refractivity contribution in [1.82, 2.24) is 15.1 Å². The van der Waals surface area contributed by atoms with Gasteiger partial charge in [0.1, 0.15) is 0 Å². The van der Waals surface area contributed by atoms with Crippen LogP contribution in [0.3, 0.4) is 0 Å². The number of nitrogens with one attached hydrogen (secondary N) is 1. The van der Waals surface area contributed by atoms with E-state index < -0.39 is 0 Å². The predicted octanol–water partition coefficient (Wildman–Crippen LogP) is 3.65. The second-order valence-corrected chi connectivity index (χ2v) is 5.94. The van der Waals surface area contributed by atoms with Crippen LogP contribution >= 0.6 is 11.3 Å². The van der Waals surface area contributed by atoms with Gasteiger partial charge in [-0.3, -0.25) is 4.68 Å². The van der Waals surface area contributed by atoms with Gasteiger partial charge in [-0.1, -0.05) is 13.8 Å². The second kappa shape index (κ2) is 8.20. The summed E-state index contributed by atoms with van der Waals surface area (Å²) >= 11 is 1.75. The fourth-order valence-electron chi connectivity index (χ4n) is 2.51. The molecule has 0 aliphatic rings. The van der Waals surface area contributed by atoms with Crippen LogP contribution in [0.2, 0.25) is 0 Å². The molecule has 1 atom stereocenters. The Labute approximate surface area is 131 Å². The van der Waals surface area contributed by atoms with Crippen molar-refractivity contribution >= 4 is 11.3 Å². The average molecular weight is 307 g/mol. The molecule has 0 radical (unpaired) electrons. The molecule has 2 rings (SSSR count). The number of hydrogen-bond donors (Lipinski definition) is 1. The molecule has 2 heterocycles. The van der Waals surface area contributed by atoms with Gasteiger partial charge in [0.15, 0.2) is 5.75 Å². The summed E-state index contributed by atoms with van der Waals surface area (Å²) in [6.07, 6.45) is 4.98. The fraction of sp³-hybridized carbons (Fsp3) is 0.562. The zero-order chi connectivity index (χ0) is 15.1. The van der Waals surface area contributed by atoms with E-state index in [0.29, 0.717) is 0 Å². The predicted molar refractivity (Wildman–Crippen MR) is 88.1 cm³/mol. The molecule has 1 N–H and O–H groups in total. The van der Waals surface area contributed by atoms with E-state index in [4.69, 9.17) is 4.74 Å². The van der Waals surface area contributed by atoms with Crippen LogP contribution in [0.25, 0.3) is 0 Å². The molecule has 0 saturated heterocycles. The van der Waals surface area contributed by atoms with Crippen LogP contribution in [0.15, 0.2) is 23.0 Å². The number of methoxy groups -OCH3 is 1. The Hall–Kier alpha value is -1.33. The second-order valence-electron chi connectivity index (χ2n) is 5.16. The lowest BCUT2D eigenvalue weighted by molar-refractivity contribution is 0.388. The molecule has 0 fully saturated rings. The molecule has 2 aromatic rings. The van der Waals surface area contributed by atoms with Crippen LogP contribution in [-0.4, -0.2) is 23.4 Å². The summed E-state index contributed by atoms with van der Waals surface area (Å²) in [7, 11) is 1.72. The third-order valence-corrected chi connectivity index (χ3v) is 4.22. The number of nitrogens with zero attached hydrogens (tertiary/aromatic N) is 2. The highest BCUT2D eigenvalue weighted by Crippen LogP contribution is 2.28. The first kappa shape index (κ1) is 16.0. The summed E-state index contributed by atoms with van der Waals surface area (Å²) in [5.74, 6) is 0.882. The highest BCUT2D eigenvalue weighted by Gasteiger charge is 2.21. The monoisotopic (exact) mass is 307 g/mol. The normalized spacial score (nSPS) is 12.5. The number of rotatable bonds is 9. The van der Waals surface area contributed by atoms with Crippen molar-refractivity contribution < 1.29 is 4.74 Å². The first-order valence-electron chi connectivity index (χ1n) is 7.64. The smallest absolute Gasteiger partial charge is 0.161 e. The zero-order valence-electron chi connectivity index (χ0n) is 13.1. The van der Waals surface area contributed by atoms with Crippen LogP contribution in [0.4, 0.5) is 0 Å². The van der Waals surface area contributed by atoms with Gasteiger partial charge in [0.2, 0.25) is 0 Å². The highest BCUT2D eigenvalue weighted by atomic mass is 32.1. The summed E-state index contributed by atoms with van der Waals surface area (Å²) in [5.41, 5.74) is 2.53. The van der Waals surface area contributed by atoms with Crippen LogP contribution < -0.4 is 10.1 Å². The average Bonchev–Trinajstić information content (AvgIpc) is 3.13. The lowest BCUT2D eigenvalue weighted by Crippen LogP contribution is -2.27. The minimum Gasteiger partial charge on any atom is -0.493 e. The summed E-state index contributed by atoms with van der Waals surface area (Å²) in [4.78, 5) is 0. The SMILES string of the molecule is CCCNC(Cc1ccsc1)c1c(OC)cnn1CCC. The number of thiophene rings is 1. The van der Waals surface area contributed by atoms with Crippen molar-refractivity contribution in [3.05, 3.63) is 34.3 Å². The summed E-state index contributed by atoms with van der Waals surface area (Å²) in [6, 6.07) is 2.43. The van der Waals surface area contributed by atoms with E-state index in [9.17, 15) is 0 Å². The Morgan fingerprint density at radius 1 is 1.38 bits per heavy atom. The van der Waals surface area contributed by atoms with Crippen molar-refractivity contribution in [2.24, 2.45) is 0 Å². The lowest BCUT2D eigenvalue weighted by atomic mass is 10.0. The van der Waals surface area contributed by atoms with Gasteiger partial charge in [-0.2, -0.15) is 16.4 Å². The van der Waals surface area contributed by atoms with Crippen LogP contribution in [0.1, 0.15) is 44.0 Å². The Bertz CT molecular complexity index is 522. The maximum Gasteiger partial charge on any atom is 0.161 e. The first-order chi connectivity index (χ1) is 10.3. The summed E-state index contributed by atoms with van der Waals surface area (Å²) in [6.45, 7) is 6.28. The van der Waals surface area contributed by atoms with Crippen LogP contribution in [-0.2, 0) is 13.0 Å². The molecule has 0 aromatic carbocycles. The van der Waals surface area contributed by atoms with E-state index in [1.165, 1.54) is 11.3 Å². The highest BCUT2D eigenvalue weighted by molar-refractivity contribution is 7.07. The van der Waals surface area contributed by atoms with Crippen molar-refractivity contribution in [3.63, 3.8) is 0 Å². The molecular formula is C16H25N3OS. The number of ether oxygens (including phenoxy) is 1. The largest absolute Gasteiger partial charge is 0.493 e. The molecule has 0 bridgehead atoms. The van der Waals surface area contributed by atoms with Gasteiger partial charge < -0.3 is 10.1 Å². The first-order valence-corrected chi connectivity index (χ1v) is 8.58. The van der Waals surface area contributed by atoms with Gasteiger partial charge in [0.25, 0.3) is 0 Å². The minimum atomic E-state index is 0.239. The molecule has 4 nitrogen and oxygen atoms in total. The molecular weight excluding hydrogens is 282 g/mol. The van der Waals surface area contributed by atoms with E-state index in [1.807, 2.05) is 6.20 Å². The van der Waals surface area contributed by atoms with E-state index >= 15 is 0 Å². The van der Waals surface area contributed by atoms with E-state index in [2.05, 4.69) is 45.8 Å². The van der Waals surface area contributed by atoms with Crippen molar-refractivity contribution in [2.75, 3.05) is 13.7 Å². The van der Waals surface area contributed by atoms with Crippen LogP contribution in [0, 0.1) is 0 Å². The molecule has 0 aliphatic carbocycles. The van der Waals surface area contributed by atoms with Crippen LogP contribution in [0.5, 0.6) is 5.75 Å². The Kier molecular flexibility index (Phi) is 6.26. The van der Waals surface area contributed by atoms with Crippen molar-refractivity contribution in [2.45, 2.75) is 45.7 Å². The van der Waals surface area contributed by atoms with Crippen molar-refractivity contribution in [3.8, 4) is 5.75 Å². The number of aromatic nitrogens is 2. The lowest BCUT2D eigenvalue weighted by Gasteiger charge is -2.21. The zero-order valence-corrected chi connectivity index (χ0v) is 13.9. The van der Waals surface area contributed by atoms with E-state index in [-0.39, 0.29) is 6.04 Å². The third-order valence-electron chi connectivity index (χ3n) is 3.49. The van der Waals surface area contributed by atoms with Gasteiger partial charge in [0, 0.05) is 6.54 Å². The fourth-order valence-corrected chi connectivity index (χ4v) is 3.19. The Balaban J connectivity index is 2.27.